The number of anilines is 2. The number of alkyl carbamates (subject to hydrolysis) is 1. The topological polar surface area (TPSA) is 139 Å². The Hall–Kier alpha value is -2.66. The number of carbonyl (C=O) groups is 1. The molecule has 0 unspecified atom stereocenters. The Morgan fingerprint density at radius 3 is 2.76 bits per heavy atom. The number of primary sulfonamides is 1. The number of hydrogen-bond acceptors (Lipinski definition) is 6. The largest absolute Gasteiger partial charge is 0.446 e. The number of sulfonamides is 1. The number of aromatic amines is 1. The predicted molar refractivity (Wildman–Crippen MR) is 105 cm³/mol. The van der Waals surface area contributed by atoms with E-state index in [0.29, 0.717) is 17.9 Å². The van der Waals surface area contributed by atoms with E-state index in [2.05, 4.69) is 20.8 Å². The summed E-state index contributed by atoms with van der Waals surface area (Å²) in [5, 5.41) is 17.7. The number of nitrogens with zero attached hydrogens (tertiary/aromatic N) is 1. The zero-order chi connectivity index (χ0) is 21.2. The first-order valence-electron chi connectivity index (χ1n) is 9.23. The van der Waals surface area contributed by atoms with Crippen LogP contribution in [0.5, 0.6) is 0 Å². The van der Waals surface area contributed by atoms with Crippen LogP contribution in [0.4, 0.5) is 20.7 Å². The van der Waals surface area contributed by atoms with Gasteiger partial charge in [-0.3, -0.25) is 5.10 Å². The summed E-state index contributed by atoms with van der Waals surface area (Å²) >= 11 is 0. The van der Waals surface area contributed by atoms with E-state index in [-0.39, 0.29) is 18.1 Å². The van der Waals surface area contributed by atoms with Crippen molar-refractivity contribution >= 4 is 27.6 Å². The third-order valence-electron chi connectivity index (χ3n) is 4.61. The van der Waals surface area contributed by atoms with Crippen LogP contribution in [0.15, 0.2) is 29.2 Å². The van der Waals surface area contributed by atoms with Crippen molar-refractivity contribution in [1.82, 2.24) is 15.5 Å². The number of amides is 1. The number of nitrogens with one attached hydrogen (secondary N) is 3. The molecule has 11 heteroatoms. The summed E-state index contributed by atoms with van der Waals surface area (Å²) in [4.78, 5) is 11.2. The summed E-state index contributed by atoms with van der Waals surface area (Å²) < 4.78 is 41.9. The van der Waals surface area contributed by atoms with E-state index in [1.165, 1.54) is 6.07 Å². The zero-order valence-corrected chi connectivity index (χ0v) is 16.9. The van der Waals surface area contributed by atoms with E-state index in [1.54, 1.807) is 6.07 Å². The van der Waals surface area contributed by atoms with Gasteiger partial charge in [-0.25, -0.2) is 22.7 Å². The van der Waals surface area contributed by atoms with Gasteiger partial charge < -0.3 is 15.4 Å². The number of aromatic nitrogens is 2. The van der Waals surface area contributed by atoms with Gasteiger partial charge in [0.05, 0.1) is 0 Å². The molecule has 0 radical (unpaired) electrons. The molecule has 1 aliphatic carbocycles. The van der Waals surface area contributed by atoms with Crippen LogP contribution < -0.4 is 15.8 Å². The maximum absolute atomic E-state index is 14.0. The highest BCUT2D eigenvalue weighted by Crippen LogP contribution is 2.36. The third-order valence-corrected chi connectivity index (χ3v) is 5.56. The second kappa shape index (κ2) is 8.37. The van der Waals surface area contributed by atoms with Crippen molar-refractivity contribution in [3.63, 3.8) is 0 Å². The van der Waals surface area contributed by atoms with Crippen LogP contribution in [0.3, 0.4) is 0 Å². The van der Waals surface area contributed by atoms with E-state index in [0.717, 1.165) is 30.7 Å². The molecule has 29 heavy (non-hydrogen) atoms. The Morgan fingerprint density at radius 2 is 2.10 bits per heavy atom. The van der Waals surface area contributed by atoms with Gasteiger partial charge in [0.2, 0.25) is 10.0 Å². The highest BCUT2D eigenvalue weighted by atomic mass is 32.2. The molecule has 2 atom stereocenters. The maximum atomic E-state index is 14.0. The highest BCUT2D eigenvalue weighted by Gasteiger charge is 2.30. The van der Waals surface area contributed by atoms with E-state index >= 15 is 0 Å². The Bertz CT molecular complexity index is 992. The van der Waals surface area contributed by atoms with Gasteiger partial charge in [-0.15, -0.1) is 0 Å². The molecule has 1 amide bonds. The lowest BCUT2D eigenvalue weighted by molar-refractivity contribution is 0.0981. The molecule has 0 saturated heterocycles. The lowest BCUT2D eigenvalue weighted by atomic mass is 10.0. The van der Waals surface area contributed by atoms with E-state index in [1.807, 2.05) is 13.8 Å². The van der Waals surface area contributed by atoms with Gasteiger partial charge in [0.15, 0.2) is 5.82 Å². The second-order valence-corrected chi connectivity index (χ2v) is 8.89. The molecule has 0 bridgehead atoms. The van der Waals surface area contributed by atoms with Crippen LogP contribution in [0.2, 0.25) is 0 Å². The quantitative estimate of drug-likeness (QED) is 0.561. The first kappa shape index (κ1) is 21.1. The molecular formula is C18H24FN5O4S. The monoisotopic (exact) mass is 425 g/mol. The summed E-state index contributed by atoms with van der Waals surface area (Å²) in [5.74, 6) is -0.315. The molecular weight excluding hydrogens is 401 g/mol. The van der Waals surface area contributed by atoms with Crippen LogP contribution in [0.25, 0.3) is 0 Å². The molecule has 1 saturated carbocycles. The van der Waals surface area contributed by atoms with Crippen LogP contribution in [-0.4, -0.2) is 36.9 Å². The number of nitrogens with two attached hydrogens (primary N) is 1. The fourth-order valence-electron chi connectivity index (χ4n) is 3.32. The van der Waals surface area contributed by atoms with E-state index in [4.69, 9.17) is 9.88 Å². The molecule has 158 valence electrons. The van der Waals surface area contributed by atoms with Gasteiger partial charge in [-0.05, 0) is 51.3 Å². The minimum absolute atomic E-state index is 0.0183. The molecule has 1 aliphatic rings. The fourth-order valence-corrected chi connectivity index (χ4v) is 3.91. The Kier molecular flexibility index (Phi) is 6.08. The van der Waals surface area contributed by atoms with E-state index < -0.39 is 26.8 Å². The molecule has 0 spiro atoms. The van der Waals surface area contributed by atoms with Gasteiger partial charge in [-0.1, -0.05) is 0 Å². The molecule has 0 aliphatic heterocycles. The number of hydrogen-bond donors (Lipinski definition) is 4. The minimum atomic E-state index is -4.12. The van der Waals surface area contributed by atoms with Crippen LogP contribution in [0, 0.1) is 5.82 Å². The summed E-state index contributed by atoms with van der Waals surface area (Å²) in [6.45, 7) is 3.73. The second-order valence-electron chi connectivity index (χ2n) is 7.36. The normalized spacial score (nSPS) is 19.3. The van der Waals surface area contributed by atoms with Crippen molar-refractivity contribution in [2.24, 2.45) is 5.14 Å². The minimum Gasteiger partial charge on any atom is -0.446 e. The molecule has 1 aromatic heterocycles. The Balaban J connectivity index is 1.60. The smallest absolute Gasteiger partial charge is 0.407 e. The summed E-state index contributed by atoms with van der Waals surface area (Å²) in [6, 6.07) is 5.36. The van der Waals surface area contributed by atoms with Gasteiger partial charge in [0.25, 0.3) is 0 Å². The van der Waals surface area contributed by atoms with Crippen molar-refractivity contribution in [1.29, 1.82) is 0 Å². The molecule has 1 heterocycles. The number of carbonyl (C=O) groups excluding carboxylic acids is 1. The first-order valence-corrected chi connectivity index (χ1v) is 10.8. The third kappa shape index (κ3) is 5.45. The lowest BCUT2D eigenvalue weighted by Gasteiger charge is -2.14. The Labute approximate surface area is 168 Å². The Morgan fingerprint density at radius 1 is 1.34 bits per heavy atom. The number of benzene rings is 1. The molecule has 5 N–H and O–H groups in total. The van der Waals surface area contributed by atoms with Gasteiger partial charge >= 0.3 is 6.09 Å². The fraction of sp³-hybridized carbons (Fsp3) is 0.444. The van der Waals surface area contributed by atoms with Gasteiger partial charge in [-0.2, -0.15) is 5.10 Å². The standard InChI is InChI=1S/C18H24FN5O4S/c1-10(2)21-18(25)28-13-5-3-11(7-13)15-9-17(24-23-15)22-12-4-6-16(14(19)8-12)29(20,26)27/h4,6,8-11,13H,3,5,7H2,1-2H3,(H,21,25)(H2,20,26,27)(H2,22,23,24)/t11-,13+/m1/s1. The average Bonchev–Trinajstić information content (AvgIpc) is 3.22. The number of H-pyrrole nitrogens is 1. The van der Waals surface area contributed by atoms with Gasteiger partial charge in [0, 0.05) is 29.4 Å². The number of ether oxygens (including phenoxy) is 1. The van der Waals surface area contributed by atoms with Crippen molar-refractivity contribution < 1.29 is 22.3 Å². The summed E-state index contributed by atoms with van der Waals surface area (Å²) in [5.41, 5.74) is 1.22. The molecule has 1 aromatic carbocycles. The van der Waals surface area contributed by atoms with Crippen molar-refractivity contribution in [3.05, 3.63) is 35.8 Å². The lowest BCUT2D eigenvalue weighted by Crippen LogP contribution is -2.33. The summed E-state index contributed by atoms with van der Waals surface area (Å²) in [6.07, 6.45) is 1.73. The van der Waals surface area contributed by atoms with Gasteiger partial charge in [0.1, 0.15) is 16.8 Å². The number of halogens is 1. The first-order chi connectivity index (χ1) is 13.6. The van der Waals surface area contributed by atoms with Crippen molar-refractivity contribution in [3.8, 4) is 0 Å². The average molecular weight is 425 g/mol. The molecule has 9 nitrogen and oxygen atoms in total. The van der Waals surface area contributed by atoms with Crippen LogP contribution >= 0.6 is 0 Å². The van der Waals surface area contributed by atoms with Crippen LogP contribution in [-0.2, 0) is 14.8 Å². The maximum Gasteiger partial charge on any atom is 0.407 e. The summed E-state index contributed by atoms with van der Waals surface area (Å²) in [7, 11) is -4.12. The molecule has 2 aromatic rings. The predicted octanol–water partition coefficient (Wildman–Crippen LogP) is 2.71. The van der Waals surface area contributed by atoms with E-state index in [9.17, 15) is 17.6 Å². The molecule has 1 fully saturated rings. The van der Waals surface area contributed by atoms with Crippen molar-refractivity contribution in [2.45, 2.75) is 56.1 Å². The van der Waals surface area contributed by atoms with Crippen molar-refractivity contribution in [2.75, 3.05) is 5.32 Å². The SMILES string of the molecule is CC(C)NC(=O)O[C@H]1CC[C@@H](c2cc(Nc3ccc(S(N)(=O)=O)c(F)c3)n[nH]2)C1. The molecule has 3 rings (SSSR count). The number of rotatable bonds is 6. The highest BCUT2D eigenvalue weighted by molar-refractivity contribution is 7.89. The zero-order valence-electron chi connectivity index (χ0n) is 16.1. The van der Waals surface area contributed by atoms with Crippen LogP contribution in [0.1, 0.15) is 44.7 Å².